The van der Waals surface area contributed by atoms with Crippen LogP contribution in [-0.4, -0.2) is 33.6 Å². The van der Waals surface area contributed by atoms with E-state index in [2.05, 4.69) is 24.9 Å². The van der Waals surface area contributed by atoms with Crippen LogP contribution in [0.15, 0.2) is 6.20 Å². The van der Waals surface area contributed by atoms with E-state index in [1.54, 1.807) is 20.0 Å². The maximum Gasteiger partial charge on any atom is 0.256 e. The van der Waals surface area contributed by atoms with Crippen molar-refractivity contribution in [1.82, 2.24) is 9.19 Å². The Morgan fingerprint density at radius 1 is 1.19 bits per heavy atom. The first-order valence-corrected chi connectivity index (χ1v) is 13.5. The first kappa shape index (κ1) is 21.5. The van der Waals surface area contributed by atoms with Gasteiger partial charge in [-0.2, -0.15) is 9.19 Å². The summed E-state index contributed by atoms with van der Waals surface area (Å²) < 4.78 is 26.6. The standard InChI is InChI=1S/C25H36N2O3S/c1-6-25(28)12-10-21-19-8-7-18-13-22-17(15-27(26-22)31(29,30)16(2)3)14-23(18,4)20(19)9-11-24(21,25)5/h1,15-16,18-21,28H,7-14H2,2-5H3/t18-,19+,20-,21-,23-,24-,25-/m0/s1. The lowest BCUT2D eigenvalue weighted by molar-refractivity contribution is -0.127. The minimum Gasteiger partial charge on any atom is -0.377 e. The number of fused-ring (bicyclic) bond motifs is 6. The molecule has 6 heteroatoms. The second-order valence-electron chi connectivity index (χ2n) is 11.6. The fraction of sp³-hybridized carbons (Fsp3) is 0.800. The molecule has 170 valence electrons. The van der Waals surface area contributed by atoms with Crippen molar-refractivity contribution < 1.29 is 13.5 Å². The third-order valence-corrected chi connectivity index (χ3v) is 12.1. The lowest BCUT2D eigenvalue weighted by Gasteiger charge is -2.60. The van der Waals surface area contributed by atoms with Crippen LogP contribution < -0.4 is 0 Å². The minimum atomic E-state index is -3.42. The smallest absolute Gasteiger partial charge is 0.256 e. The Morgan fingerprint density at radius 3 is 2.58 bits per heavy atom. The van der Waals surface area contributed by atoms with Crippen LogP contribution in [0.5, 0.6) is 0 Å². The van der Waals surface area contributed by atoms with E-state index in [1.165, 1.54) is 10.5 Å². The third kappa shape index (κ3) is 2.72. The second-order valence-corrected chi connectivity index (χ2v) is 14.0. The van der Waals surface area contributed by atoms with E-state index in [-0.39, 0.29) is 10.8 Å². The summed E-state index contributed by atoms with van der Waals surface area (Å²) in [5.41, 5.74) is 1.11. The number of rotatable bonds is 2. The van der Waals surface area contributed by atoms with Gasteiger partial charge in [-0.15, -0.1) is 6.42 Å². The molecule has 31 heavy (non-hydrogen) atoms. The van der Waals surface area contributed by atoms with Gasteiger partial charge in [0, 0.05) is 11.6 Å². The molecule has 7 atom stereocenters. The Morgan fingerprint density at radius 2 is 1.90 bits per heavy atom. The summed E-state index contributed by atoms with van der Waals surface area (Å²) in [6.45, 7) is 8.09. The summed E-state index contributed by atoms with van der Waals surface area (Å²) in [5.74, 6) is 4.99. The summed E-state index contributed by atoms with van der Waals surface area (Å²) in [5, 5.41) is 15.2. The van der Waals surface area contributed by atoms with Crippen LogP contribution in [-0.2, 0) is 22.9 Å². The molecule has 0 aromatic carbocycles. The molecule has 1 aromatic rings. The quantitative estimate of drug-likeness (QED) is 0.705. The number of aromatic nitrogens is 2. The Kier molecular flexibility index (Phi) is 4.59. The van der Waals surface area contributed by atoms with Gasteiger partial charge in [-0.25, -0.2) is 8.42 Å². The van der Waals surface area contributed by atoms with Gasteiger partial charge in [-0.3, -0.25) is 0 Å². The van der Waals surface area contributed by atoms with E-state index < -0.39 is 20.9 Å². The molecule has 0 saturated heterocycles. The fourth-order valence-electron chi connectivity index (χ4n) is 8.13. The summed E-state index contributed by atoms with van der Waals surface area (Å²) in [6, 6.07) is 0. The van der Waals surface area contributed by atoms with E-state index in [4.69, 9.17) is 6.42 Å². The Balaban J connectivity index is 1.48. The van der Waals surface area contributed by atoms with Gasteiger partial charge in [0.15, 0.2) is 0 Å². The lowest BCUT2D eigenvalue weighted by Crippen LogP contribution is -2.56. The molecule has 0 amide bonds. The Bertz CT molecular complexity index is 1050. The molecular formula is C25H36N2O3S. The normalized spacial score (nSPS) is 44.2. The average molecular weight is 445 g/mol. The van der Waals surface area contributed by atoms with Crippen LogP contribution in [0.1, 0.15) is 77.5 Å². The van der Waals surface area contributed by atoms with Crippen molar-refractivity contribution in [3.05, 3.63) is 17.5 Å². The van der Waals surface area contributed by atoms with Gasteiger partial charge < -0.3 is 5.11 Å². The molecule has 0 radical (unpaired) electrons. The molecule has 1 N–H and O–H groups in total. The molecule has 4 aliphatic rings. The van der Waals surface area contributed by atoms with Gasteiger partial charge in [-0.1, -0.05) is 19.8 Å². The molecule has 0 aliphatic heterocycles. The summed E-state index contributed by atoms with van der Waals surface area (Å²) in [7, 11) is -3.42. The van der Waals surface area contributed by atoms with Crippen LogP contribution in [0.3, 0.4) is 0 Å². The molecule has 1 aromatic heterocycles. The van der Waals surface area contributed by atoms with Crippen LogP contribution in [0.2, 0.25) is 0 Å². The summed E-state index contributed by atoms with van der Waals surface area (Å²) in [4.78, 5) is 0. The zero-order valence-corrected chi connectivity index (χ0v) is 20.1. The maximum absolute atomic E-state index is 12.7. The van der Waals surface area contributed by atoms with Crippen LogP contribution >= 0.6 is 0 Å². The molecular weight excluding hydrogens is 408 g/mol. The maximum atomic E-state index is 12.7. The predicted molar refractivity (Wildman–Crippen MR) is 121 cm³/mol. The molecule has 4 aliphatic carbocycles. The molecule has 5 rings (SSSR count). The number of terminal acetylenes is 1. The number of hydrogen-bond acceptors (Lipinski definition) is 4. The second kappa shape index (κ2) is 6.60. The first-order valence-electron chi connectivity index (χ1n) is 12.0. The van der Waals surface area contributed by atoms with E-state index in [1.807, 2.05) is 0 Å². The molecule has 0 spiro atoms. The third-order valence-electron chi connectivity index (χ3n) is 10.2. The van der Waals surface area contributed by atoms with Gasteiger partial charge in [0.25, 0.3) is 10.0 Å². The zero-order valence-electron chi connectivity index (χ0n) is 19.3. The fourth-order valence-corrected chi connectivity index (χ4v) is 9.05. The Hall–Kier alpha value is -1.32. The SMILES string of the molecule is C#C[C@]1(O)CC[C@H]2[C@@H]3CC[C@H]4Cc5nn(S(=O)(=O)C(C)C)cc5C[C@]4(C)[C@H]3CC[C@@]21C. The van der Waals surface area contributed by atoms with Gasteiger partial charge in [0.05, 0.1) is 10.9 Å². The predicted octanol–water partition coefficient (Wildman–Crippen LogP) is 3.79. The monoisotopic (exact) mass is 444 g/mol. The van der Waals surface area contributed by atoms with Gasteiger partial charge in [-0.05, 0) is 99.9 Å². The molecule has 0 bridgehead atoms. The highest BCUT2D eigenvalue weighted by atomic mass is 32.2. The summed E-state index contributed by atoms with van der Waals surface area (Å²) in [6.07, 6.45) is 15.6. The number of aliphatic hydroxyl groups is 1. The van der Waals surface area contributed by atoms with Crippen molar-refractivity contribution in [3.63, 3.8) is 0 Å². The lowest BCUT2D eigenvalue weighted by atomic mass is 9.44. The van der Waals surface area contributed by atoms with Crippen molar-refractivity contribution in [2.24, 2.45) is 34.5 Å². The zero-order chi connectivity index (χ0) is 22.4. The number of nitrogens with zero attached hydrogens (tertiary/aromatic N) is 2. The van der Waals surface area contributed by atoms with Gasteiger partial charge >= 0.3 is 0 Å². The first-order chi connectivity index (χ1) is 14.5. The van der Waals surface area contributed by atoms with E-state index in [0.29, 0.717) is 23.7 Å². The number of hydrogen-bond donors (Lipinski definition) is 1. The van der Waals surface area contributed by atoms with Crippen LogP contribution in [0.4, 0.5) is 0 Å². The molecule has 3 saturated carbocycles. The van der Waals surface area contributed by atoms with E-state index in [0.717, 1.165) is 56.2 Å². The van der Waals surface area contributed by atoms with Crippen molar-refractivity contribution >= 4 is 10.0 Å². The largest absolute Gasteiger partial charge is 0.377 e. The average Bonchev–Trinajstić information content (AvgIpc) is 3.24. The Labute approximate surface area is 187 Å². The van der Waals surface area contributed by atoms with Gasteiger partial charge in [0.2, 0.25) is 0 Å². The van der Waals surface area contributed by atoms with Crippen molar-refractivity contribution in [1.29, 1.82) is 0 Å². The van der Waals surface area contributed by atoms with Crippen molar-refractivity contribution in [2.45, 2.75) is 89.9 Å². The summed E-state index contributed by atoms with van der Waals surface area (Å²) >= 11 is 0. The van der Waals surface area contributed by atoms with Crippen LogP contribution in [0.25, 0.3) is 0 Å². The topological polar surface area (TPSA) is 72.2 Å². The highest BCUT2D eigenvalue weighted by Gasteiger charge is 2.64. The molecule has 3 fully saturated rings. The van der Waals surface area contributed by atoms with E-state index in [9.17, 15) is 13.5 Å². The highest BCUT2D eigenvalue weighted by Crippen LogP contribution is 2.67. The van der Waals surface area contributed by atoms with Crippen molar-refractivity contribution in [3.8, 4) is 12.3 Å². The van der Waals surface area contributed by atoms with Gasteiger partial charge in [0.1, 0.15) is 5.60 Å². The molecule has 5 nitrogen and oxygen atoms in total. The van der Waals surface area contributed by atoms with Crippen LogP contribution in [0, 0.1) is 46.8 Å². The molecule has 0 unspecified atom stereocenters. The highest BCUT2D eigenvalue weighted by molar-refractivity contribution is 7.90. The minimum absolute atomic E-state index is 0.156. The molecule has 1 heterocycles. The van der Waals surface area contributed by atoms with E-state index >= 15 is 0 Å². The van der Waals surface area contributed by atoms with Crippen molar-refractivity contribution in [2.75, 3.05) is 0 Å².